The third-order valence-electron chi connectivity index (χ3n) is 3.19. The molecule has 1 N–H and O–H groups in total. The number of hydrogen-bond donors (Lipinski definition) is 1. The number of ether oxygens (including phenoxy) is 1. The molecule has 0 aliphatic heterocycles. The molecule has 0 aliphatic rings. The molecule has 0 bridgehead atoms. The van der Waals surface area contributed by atoms with Crippen LogP contribution >= 0.6 is 0 Å². The van der Waals surface area contributed by atoms with E-state index in [0.717, 1.165) is 24.2 Å². The van der Waals surface area contributed by atoms with E-state index in [1.165, 1.54) is 5.56 Å². The first-order chi connectivity index (χ1) is 9.45. The van der Waals surface area contributed by atoms with Gasteiger partial charge in [0.1, 0.15) is 17.0 Å². The van der Waals surface area contributed by atoms with Crippen molar-refractivity contribution in [2.45, 2.75) is 39.2 Å². The first-order valence-corrected chi connectivity index (χ1v) is 6.82. The molecule has 0 aliphatic carbocycles. The summed E-state index contributed by atoms with van der Waals surface area (Å²) in [6, 6.07) is 7.82. The van der Waals surface area contributed by atoms with Crippen molar-refractivity contribution in [3.63, 3.8) is 0 Å². The van der Waals surface area contributed by atoms with Gasteiger partial charge in [0.15, 0.2) is 5.76 Å². The summed E-state index contributed by atoms with van der Waals surface area (Å²) in [7, 11) is 1.63. The molecule has 0 saturated carbocycles. The van der Waals surface area contributed by atoms with Crippen LogP contribution in [0.2, 0.25) is 0 Å². The van der Waals surface area contributed by atoms with Crippen LogP contribution in [0.15, 0.2) is 28.8 Å². The second-order valence-corrected chi connectivity index (χ2v) is 5.42. The standard InChI is InChI=1S/C16H21NO3/c1-5-6-11-7-8-14(19-4)12(9-11)13-10-15(20-17-13)16(2,3)18/h7-10,18H,5-6H2,1-4H3. The maximum absolute atomic E-state index is 9.95. The molecule has 0 fully saturated rings. The molecule has 0 unspecified atom stereocenters. The van der Waals surface area contributed by atoms with Crippen LogP contribution in [0.5, 0.6) is 5.75 Å². The van der Waals surface area contributed by atoms with Gasteiger partial charge < -0.3 is 14.4 Å². The monoisotopic (exact) mass is 275 g/mol. The summed E-state index contributed by atoms with van der Waals surface area (Å²) in [4.78, 5) is 0. The number of methoxy groups -OCH3 is 1. The Kier molecular flexibility index (Phi) is 4.14. The average Bonchev–Trinajstić information content (AvgIpc) is 2.88. The Morgan fingerprint density at radius 3 is 2.60 bits per heavy atom. The minimum Gasteiger partial charge on any atom is -0.496 e. The van der Waals surface area contributed by atoms with Crippen molar-refractivity contribution in [1.29, 1.82) is 0 Å². The molecule has 20 heavy (non-hydrogen) atoms. The van der Waals surface area contributed by atoms with Gasteiger partial charge in [-0.15, -0.1) is 0 Å². The largest absolute Gasteiger partial charge is 0.496 e. The summed E-state index contributed by atoms with van der Waals surface area (Å²) in [5, 5.41) is 14.0. The molecular formula is C16H21NO3. The lowest BCUT2D eigenvalue weighted by molar-refractivity contribution is 0.0476. The lowest BCUT2D eigenvalue weighted by atomic mass is 10.0. The van der Waals surface area contributed by atoms with E-state index in [0.29, 0.717) is 11.5 Å². The first-order valence-electron chi connectivity index (χ1n) is 6.82. The van der Waals surface area contributed by atoms with Crippen LogP contribution in [-0.4, -0.2) is 17.4 Å². The number of aromatic nitrogens is 1. The van der Waals surface area contributed by atoms with E-state index >= 15 is 0 Å². The minimum atomic E-state index is -1.04. The molecule has 1 aromatic heterocycles. The Bertz CT molecular complexity index is 582. The summed E-state index contributed by atoms with van der Waals surface area (Å²) < 4.78 is 10.6. The molecule has 0 amide bonds. The fourth-order valence-electron chi connectivity index (χ4n) is 2.09. The van der Waals surface area contributed by atoms with Crippen LogP contribution in [0.1, 0.15) is 38.5 Å². The lowest BCUT2D eigenvalue weighted by Gasteiger charge is -2.11. The van der Waals surface area contributed by atoms with Crippen molar-refractivity contribution in [2.75, 3.05) is 7.11 Å². The van der Waals surface area contributed by atoms with Gasteiger partial charge >= 0.3 is 0 Å². The van der Waals surface area contributed by atoms with Gasteiger partial charge in [0.05, 0.1) is 7.11 Å². The van der Waals surface area contributed by atoms with Crippen molar-refractivity contribution >= 4 is 0 Å². The molecule has 0 spiro atoms. The van der Waals surface area contributed by atoms with E-state index in [1.54, 1.807) is 27.0 Å². The Morgan fingerprint density at radius 1 is 1.30 bits per heavy atom. The molecule has 0 radical (unpaired) electrons. The van der Waals surface area contributed by atoms with Crippen molar-refractivity contribution in [2.24, 2.45) is 0 Å². The topological polar surface area (TPSA) is 55.5 Å². The van der Waals surface area contributed by atoms with E-state index in [2.05, 4.69) is 24.2 Å². The zero-order valence-corrected chi connectivity index (χ0v) is 12.4. The zero-order chi connectivity index (χ0) is 14.8. The normalized spacial score (nSPS) is 11.7. The first kappa shape index (κ1) is 14.6. The van der Waals surface area contributed by atoms with Gasteiger partial charge in [-0.1, -0.05) is 24.6 Å². The Labute approximate surface area is 119 Å². The number of benzene rings is 1. The van der Waals surface area contributed by atoms with Crippen LogP contribution in [-0.2, 0) is 12.0 Å². The van der Waals surface area contributed by atoms with Gasteiger partial charge in [0.2, 0.25) is 0 Å². The smallest absolute Gasteiger partial charge is 0.168 e. The zero-order valence-electron chi connectivity index (χ0n) is 12.4. The van der Waals surface area contributed by atoms with E-state index in [9.17, 15) is 5.11 Å². The minimum absolute atomic E-state index is 0.440. The van der Waals surface area contributed by atoms with E-state index in [1.807, 2.05) is 6.07 Å². The highest BCUT2D eigenvalue weighted by atomic mass is 16.5. The Morgan fingerprint density at radius 2 is 2.05 bits per heavy atom. The van der Waals surface area contributed by atoms with Crippen LogP contribution in [0.25, 0.3) is 11.3 Å². The molecule has 4 nitrogen and oxygen atoms in total. The highest BCUT2D eigenvalue weighted by molar-refractivity contribution is 5.68. The third kappa shape index (κ3) is 3.02. The predicted octanol–water partition coefficient (Wildman–Crippen LogP) is 3.53. The molecular weight excluding hydrogens is 254 g/mol. The van der Waals surface area contributed by atoms with Crippen molar-refractivity contribution in [3.05, 3.63) is 35.6 Å². The molecule has 108 valence electrons. The van der Waals surface area contributed by atoms with Crippen LogP contribution in [0.4, 0.5) is 0 Å². The van der Waals surface area contributed by atoms with Gasteiger partial charge in [-0.2, -0.15) is 0 Å². The predicted molar refractivity (Wildman–Crippen MR) is 77.7 cm³/mol. The highest BCUT2D eigenvalue weighted by Gasteiger charge is 2.23. The van der Waals surface area contributed by atoms with Gasteiger partial charge in [0.25, 0.3) is 0 Å². The van der Waals surface area contributed by atoms with Crippen LogP contribution in [0.3, 0.4) is 0 Å². The van der Waals surface area contributed by atoms with Crippen molar-refractivity contribution in [1.82, 2.24) is 5.16 Å². The number of nitrogens with zero attached hydrogens (tertiary/aromatic N) is 1. The number of aliphatic hydroxyl groups is 1. The fraction of sp³-hybridized carbons (Fsp3) is 0.438. The summed E-state index contributed by atoms with van der Waals surface area (Å²) in [5.41, 5.74) is 1.75. The maximum atomic E-state index is 9.95. The van der Waals surface area contributed by atoms with Gasteiger partial charge in [-0.25, -0.2) is 0 Å². The van der Waals surface area contributed by atoms with E-state index in [4.69, 9.17) is 9.26 Å². The molecule has 2 rings (SSSR count). The fourth-order valence-corrected chi connectivity index (χ4v) is 2.09. The lowest BCUT2D eigenvalue weighted by Crippen LogP contribution is -2.13. The molecule has 2 aromatic rings. The van der Waals surface area contributed by atoms with Gasteiger partial charge in [0, 0.05) is 11.6 Å². The molecule has 4 heteroatoms. The van der Waals surface area contributed by atoms with E-state index < -0.39 is 5.60 Å². The number of aryl methyl sites for hydroxylation is 1. The summed E-state index contributed by atoms with van der Waals surface area (Å²) in [5.74, 6) is 1.19. The third-order valence-corrected chi connectivity index (χ3v) is 3.19. The summed E-state index contributed by atoms with van der Waals surface area (Å²) in [6.45, 7) is 5.48. The van der Waals surface area contributed by atoms with Gasteiger partial charge in [-0.05, 0) is 38.0 Å². The molecule has 0 atom stereocenters. The number of rotatable bonds is 5. The van der Waals surface area contributed by atoms with E-state index in [-0.39, 0.29) is 0 Å². The van der Waals surface area contributed by atoms with Gasteiger partial charge in [-0.3, -0.25) is 0 Å². The quantitative estimate of drug-likeness (QED) is 0.907. The number of hydrogen-bond acceptors (Lipinski definition) is 4. The van der Waals surface area contributed by atoms with Crippen LogP contribution in [0, 0.1) is 0 Å². The Hall–Kier alpha value is -1.81. The van der Waals surface area contributed by atoms with Crippen molar-refractivity contribution in [3.8, 4) is 17.0 Å². The summed E-state index contributed by atoms with van der Waals surface area (Å²) in [6.07, 6.45) is 2.09. The molecule has 1 aromatic carbocycles. The average molecular weight is 275 g/mol. The SMILES string of the molecule is CCCc1ccc(OC)c(-c2cc(C(C)(C)O)on2)c1. The van der Waals surface area contributed by atoms with Crippen molar-refractivity contribution < 1.29 is 14.4 Å². The maximum Gasteiger partial charge on any atom is 0.168 e. The molecule has 1 heterocycles. The second kappa shape index (κ2) is 5.67. The summed E-state index contributed by atoms with van der Waals surface area (Å²) >= 11 is 0. The van der Waals surface area contributed by atoms with Crippen LogP contribution < -0.4 is 4.74 Å². The molecule has 0 saturated heterocycles. The highest BCUT2D eigenvalue weighted by Crippen LogP contribution is 2.33. The second-order valence-electron chi connectivity index (χ2n) is 5.42. The Balaban J connectivity index is 2.44.